The monoisotopic (exact) mass is 473 g/mol. The first kappa shape index (κ1) is 26.4. The van der Waals surface area contributed by atoms with Crippen LogP contribution in [0.3, 0.4) is 0 Å². The zero-order valence-corrected chi connectivity index (χ0v) is 21.1. The summed E-state index contributed by atoms with van der Waals surface area (Å²) >= 11 is 0. The first-order valence-corrected chi connectivity index (χ1v) is 12.9. The zero-order chi connectivity index (χ0) is 24.8. The number of nitrogens with one attached hydrogen (secondary N) is 1. The average molecular weight is 474 g/mol. The summed E-state index contributed by atoms with van der Waals surface area (Å²) in [6.45, 7) is 8.93. The van der Waals surface area contributed by atoms with Crippen molar-refractivity contribution in [3.05, 3.63) is 65.2 Å². The number of aryl methyl sites for hydroxylation is 2. The number of rotatable bonds is 10. The molecule has 2 rings (SSSR count). The fourth-order valence-corrected chi connectivity index (χ4v) is 4.71. The third-order valence-corrected chi connectivity index (χ3v) is 6.56. The van der Waals surface area contributed by atoms with Crippen molar-refractivity contribution < 1.29 is 18.0 Å². The number of carbonyl (C=O) groups excluding carboxylic acids is 2. The van der Waals surface area contributed by atoms with Gasteiger partial charge in [-0.3, -0.25) is 13.9 Å². The summed E-state index contributed by atoms with van der Waals surface area (Å²) in [6.07, 6.45) is 1.64. The van der Waals surface area contributed by atoms with Crippen LogP contribution in [0.15, 0.2) is 48.5 Å². The first-order chi connectivity index (χ1) is 15.4. The highest BCUT2D eigenvalue weighted by Crippen LogP contribution is 2.27. The lowest BCUT2D eigenvalue weighted by atomic mass is 10.1. The molecule has 8 heteroatoms. The van der Waals surface area contributed by atoms with Crippen molar-refractivity contribution in [3.8, 4) is 0 Å². The average Bonchev–Trinajstić information content (AvgIpc) is 2.72. The van der Waals surface area contributed by atoms with E-state index < -0.39 is 22.0 Å². The van der Waals surface area contributed by atoms with Gasteiger partial charge in [0.2, 0.25) is 21.8 Å². The van der Waals surface area contributed by atoms with Crippen molar-refractivity contribution >= 4 is 27.5 Å². The number of carbonyl (C=O) groups is 2. The Morgan fingerprint density at radius 2 is 1.52 bits per heavy atom. The van der Waals surface area contributed by atoms with Gasteiger partial charge in [-0.2, -0.15) is 0 Å². The number of para-hydroxylation sites is 1. The van der Waals surface area contributed by atoms with Gasteiger partial charge in [0.25, 0.3) is 0 Å². The molecule has 0 bridgehead atoms. The van der Waals surface area contributed by atoms with E-state index in [0.717, 1.165) is 27.3 Å². The lowest BCUT2D eigenvalue weighted by molar-refractivity contribution is -0.139. The van der Waals surface area contributed by atoms with E-state index in [1.807, 2.05) is 76.2 Å². The molecule has 2 aromatic carbocycles. The molecule has 2 aromatic rings. The molecule has 0 radical (unpaired) electrons. The molecule has 180 valence electrons. The van der Waals surface area contributed by atoms with Crippen molar-refractivity contribution in [1.29, 1.82) is 0 Å². The van der Waals surface area contributed by atoms with Gasteiger partial charge < -0.3 is 10.2 Å². The van der Waals surface area contributed by atoms with Gasteiger partial charge in [0.1, 0.15) is 12.6 Å². The fourth-order valence-electron chi connectivity index (χ4n) is 3.75. The van der Waals surface area contributed by atoms with Crippen LogP contribution in [0.1, 0.15) is 37.5 Å². The molecule has 33 heavy (non-hydrogen) atoms. The van der Waals surface area contributed by atoms with Crippen molar-refractivity contribution in [3.63, 3.8) is 0 Å². The molecule has 0 spiro atoms. The van der Waals surface area contributed by atoms with Crippen LogP contribution in [0.4, 0.5) is 5.69 Å². The van der Waals surface area contributed by atoms with E-state index in [-0.39, 0.29) is 18.5 Å². The summed E-state index contributed by atoms with van der Waals surface area (Å²) in [4.78, 5) is 27.7. The van der Waals surface area contributed by atoms with Gasteiger partial charge in [-0.1, -0.05) is 48.5 Å². The molecule has 7 nitrogen and oxygen atoms in total. The number of anilines is 1. The Kier molecular flexibility index (Phi) is 9.05. The van der Waals surface area contributed by atoms with Crippen LogP contribution in [-0.2, 0) is 26.0 Å². The Bertz CT molecular complexity index is 1050. The van der Waals surface area contributed by atoms with Crippen molar-refractivity contribution in [2.75, 3.05) is 23.7 Å². The summed E-state index contributed by atoms with van der Waals surface area (Å²) < 4.78 is 26.5. The van der Waals surface area contributed by atoms with Gasteiger partial charge in [-0.05, 0) is 57.7 Å². The highest BCUT2D eigenvalue weighted by molar-refractivity contribution is 7.92. The van der Waals surface area contributed by atoms with Gasteiger partial charge in [-0.15, -0.1) is 0 Å². The Morgan fingerprint density at radius 3 is 2.03 bits per heavy atom. The second-order valence-electron chi connectivity index (χ2n) is 8.67. The minimum Gasteiger partial charge on any atom is -0.352 e. The highest BCUT2D eigenvalue weighted by Gasteiger charge is 2.30. The predicted octanol–water partition coefficient (Wildman–Crippen LogP) is 3.05. The Balaban J connectivity index is 2.37. The third kappa shape index (κ3) is 7.32. The van der Waals surface area contributed by atoms with E-state index in [0.29, 0.717) is 18.7 Å². The van der Waals surface area contributed by atoms with Crippen molar-refractivity contribution in [1.82, 2.24) is 10.2 Å². The van der Waals surface area contributed by atoms with Crippen LogP contribution in [-0.4, -0.2) is 56.6 Å². The molecular weight excluding hydrogens is 438 g/mol. The maximum absolute atomic E-state index is 13.5. The number of hydrogen-bond acceptors (Lipinski definition) is 4. The third-order valence-electron chi connectivity index (χ3n) is 5.45. The van der Waals surface area contributed by atoms with Gasteiger partial charge in [0, 0.05) is 12.6 Å². The summed E-state index contributed by atoms with van der Waals surface area (Å²) in [6, 6.07) is 14.3. The second kappa shape index (κ2) is 11.3. The van der Waals surface area contributed by atoms with Gasteiger partial charge in [-0.25, -0.2) is 8.42 Å². The van der Waals surface area contributed by atoms with Crippen LogP contribution >= 0.6 is 0 Å². The summed E-state index contributed by atoms with van der Waals surface area (Å²) in [5.74, 6) is -0.699. The number of sulfonamides is 1. The maximum Gasteiger partial charge on any atom is 0.244 e. The van der Waals surface area contributed by atoms with E-state index >= 15 is 0 Å². The predicted molar refractivity (Wildman–Crippen MR) is 133 cm³/mol. The SMILES string of the molecule is Cc1cccc(C)c1N(CC(=O)N(CCc1ccccc1)[C@@H](C)C(=O)NC(C)C)S(C)(=O)=O. The number of amides is 2. The van der Waals surface area contributed by atoms with E-state index in [2.05, 4.69) is 5.32 Å². The number of benzene rings is 2. The van der Waals surface area contributed by atoms with Crippen molar-refractivity contribution in [2.45, 2.75) is 53.1 Å². The maximum atomic E-state index is 13.5. The summed E-state index contributed by atoms with van der Waals surface area (Å²) in [5, 5.41) is 2.84. The molecular formula is C25H35N3O4S. The van der Waals surface area contributed by atoms with Gasteiger partial charge >= 0.3 is 0 Å². The first-order valence-electron chi connectivity index (χ1n) is 11.1. The molecule has 1 atom stereocenters. The fraction of sp³-hybridized carbons (Fsp3) is 0.440. The molecule has 0 aliphatic carbocycles. The van der Waals surface area contributed by atoms with Crippen LogP contribution < -0.4 is 9.62 Å². The largest absolute Gasteiger partial charge is 0.352 e. The van der Waals surface area contributed by atoms with Crippen LogP contribution in [0.5, 0.6) is 0 Å². The van der Waals surface area contributed by atoms with Crippen LogP contribution in [0, 0.1) is 13.8 Å². The molecule has 0 aromatic heterocycles. The minimum absolute atomic E-state index is 0.0758. The minimum atomic E-state index is -3.74. The molecule has 0 unspecified atom stereocenters. The molecule has 0 aliphatic heterocycles. The Hall–Kier alpha value is -2.87. The lowest BCUT2D eigenvalue weighted by Crippen LogP contribution is -2.53. The van der Waals surface area contributed by atoms with Gasteiger partial charge in [0.15, 0.2) is 0 Å². The number of hydrogen-bond donors (Lipinski definition) is 1. The summed E-state index contributed by atoms with van der Waals surface area (Å²) in [5.41, 5.74) is 3.04. The molecule has 0 fully saturated rings. The van der Waals surface area contributed by atoms with E-state index in [1.54, 1.807) is 6.92 Å². The van der Waals surface area contributed by atoms with Crippen molar-refractivity contribution in [2.24, 2.45) is 0 Å². The molecule has 2 amide bonds. The van der Waals surface area contributed by atoms with Crippen LogP contribution in [0.25, 0.3) is 0 Å². The van der Waals surface area contributed by atoms with E-state index in [4.69, 9.17) is 0 Å². The Labute approximate surface area is 197 Å². The standard InChI is InChI=1S/C25H35N3O4S/c1-18(2)26-25(30)21(5)27(16-15-22-13-8-7-9-14-22)23(29)17-28(33(6,31)32)24-19(3)11-10-12-20(24)4/h7-14,18,21H,15-17H2,1-6H3,(H,26,30)/t21-/m0/s1. The molecule has 0 saturated carbocycles. The topological polar surface area (TPSA) is 86.8 Å². The molecule has 0 heterocycles. The molecule has 1 N–H and O–H groups in total. The highest BCUT2D eigenvalue weighted by atomic mass is 32.2. The van der Waals surface area contributed by atoms with Gasteiger partial charge in [0.05, 0.1) is 11.9 Å². The quantitative estimate of drug-likeness (QED) is 0.575. The van der Waals surface area contributed by atoms with Crippen LogP contribution in [0.2, 0.25) is 0 Å². The van der Waals surface area contributed by atoms with E-state index in [9.17, 15) is 18.0 Å². The normalized spacial score (nSPS) is 12.3. The molecule has 0 saturated heterocycles. The van der Waals surface area contributed by atoms with E-state index in [1.165, 1.54) is 4.90 Å². The zero-order valence-electron chi connectivity index (χ0n) is 20.3. The molecule has 0 aliphatic rings. The smallest absolute Gasteiger partial charge is 0.244 e. The number of nitrogens with zero attached hydrogens (tertiary/aromatic N) is 2. The summed E-state index contributed by atoms with van der Waals surface area (Å²) in [7, 11) is -3.74. The lowest BCUT2D eigenvalue weighted by Gasteiger charge is -2.32. The second-order valence-corrected chi connectivity index (χ2v) is 10.6. The Morgan fingerprint density at radius 1 is 0.939 bits per heavy atom.